The van der Waals surface area contributed by atoms with Crippen LogP contribution in [0.4, 0.5) is 11.8 Å². The summed E-state index contributed by atoms with van der Waals surface area (Å²) in [4.78, 5) is 13.6. The van der Waals surface area contributed by atoms with Crippen molar-refractivity contribution in [3.8, 4) is 6.07 Å². The Morgan fingerprint density at radius 3 is 2.81 bits per heavy atom. The summed E-state index contributed by atoms with van der Waals surface area (Å²) >= 11 is 1.71. The fourth-order valence-electron chi connectivity index (χ4n) is 2.11. The first-order valence-electron chi connectivity index (χ1n) is 7.24. The molecule has 2 aromatic rings. The molecule has 5 nitrogen and oxygen atoms in total. The molecule has 2 aromatic heterocycles. The van der Waals surface area contributed by atoms with E-state index in [1.165, 1.54) is 4.88 Å². The Labute approximate surface area is 129 Å². The van der Waals surface area contributed by atoms with Crippen molar-refractivity contribution in [3.63, 3.8) is 0 Å². The van der Waals surface area contributed by atoms with Crippen molar-refractivity contribution in [2.24, 2.45) is 0 Å². The molecule has 0 aliphatic heterocycles. The highest BCUT2D eigenvalue weighted by molar-refractivity contribution is 7.18. The van der Waals surface area contributed by atoms with Crippen molar-refractivity contribution in [3.05, 3.63) is 10.9 Å². The van der Waals surface area contributed by atoms with E-state index < -0.39 is 0 Å². The molecule has 112 valence electrons. The quantitative estimate of drug-likeness (QED) is 0.885. The Kier molecular flexibility index (Phi) is 4.97. The maximum atomic E-state index is 8.91. The maximum absolute atomic E-state index is 8.91. The van der Waals surface area contributed by atoms with Crippen LogP contribution in [0.2, 0.25) is 0 Å². The molecule has 0 amide bonds. The van der Waals surface area contributed by atoms with Crippen molar-refractivity contribution < 1.29 is 0 Å². The van der Waals surface area contributed by atoms with Gasteiger partial charge in [0.15, 0.2) is 0 Å². The van der Waals surface area contributed by atoms with E-state index in [1.807, 2.05) is 20.9 Å². The molecular weight excluding hydrogens is 282 g/mol. The fraction of sp³-hybridized carbons (Fsp3) is 0.533. The van der Waals surface area contributed by atoms with Gasteiger partial charge in [-0.25, -0.2) is 4.98 Å². The number of nitrogens with one attached hydrogen (secondary N) is 1. The molecule has 0 fully saturated rings. The minimum atomic E-state index is 0.118. The van der Waals surface area contributed by atoms with Gasteiger partial charge in [-0.15, -0.1) is 11.3 Å². The average Bonchev–Trinajstić information content (AvgIpc) is 2.89. The van der Waals surface area contributed by atoms with Crippen LogP contribution in [-0.4, -0.2) is 29.6 Å². The monoisotopic (exact) mass is 303 g/mol. The van der Waals surface area contributed by atoms with Gasteiger partial charge >= 0.3 is 0 Å². The second-order valence-electron chi connectivity index (χ2n) is 5.01. The first-order valence-corrected chi connectivity index (χ1v) is 8.06. The molecule has 1 unspecified atom stereocenters. The number of fused-ring (bicyclic) bond motifs is 1. The van der Waals surface area contributed by atoms with Gasteiger partial charge < -0.3 is 10.2 Å². The van der Waals surface area contributed by atoms with Crippen LogP contribution in [0.1, 0.15) is 32.1 Å². The number of nitriles is 1. The number of nitrogens with zero attached hydrogens (tertiary/aromatic N) is 4. The molecule has 2 rings (SSSR count). The van der Waals surface area contributed by atoms with Crippen molar-refractivity contribution in [1.82, 2.24) is 9.97 Å². The number of hydrogen-bond acceptors (Lipinski definition) is 6. The number of thiophene rings is 1. The van der Waals surface area contributed by atoms with E-state index in [2.05, 4.69) is 39.2 Å². The van der Waals surface area contributed by atoms with Crippen LogP contribution in [0.5, 0.6) is 0 Å². The zero-order valence-electron chi connectivity index (χ0n) is 13.0. The summed E-state index contributed by atoms with van der Waals surface area (Å²) in [7, 11) is 1.99. The summed E-state index contributed by atoms with van der Waals surface area (Å²) in [6.07, 6.45) is 1.47. The topological polar surface area (TPSA) is 64.8 Å². The molecular formula is C15H21N5S. The van der Waals surface area contributed by atoms with Crippen LogP contribution < -0.4 is 10.2 Å². The lowest BCUT2D eigenvalue weighted by Crippen LogP contribution is -2.29. The van der Waals surface area contributed by atoms with E-state index in [9.17, 15) is 0 Å². The SMILES string of the molecule is CCNc1nc(N(C)C(C)CC#N)c2cc(CC)sc2n1. The third kappa shape index (κ3) is 3.24. The van der Waals surface area contributed by atoms with E-state index in [-0.39, 0.29) is 6.04 Å². The summed E-state index contributed by atoms with van der Waals surface area (Å²) in [5, 5.41) is 13.2. The molecule has 0 aliphatic rings. The van der Waals surface area contributed by atoms with Gasteiger partial charge in [-0.3, -0.25) is 0 Å². The van der Waals surface area contributed by atoms with E-state index in [1.54, 1.807) is 11.3 Å². The molecule has 1 N–H and O–H groups in total. The maximum Gasteiger partial charge on any atom is 0.226 e. The average molecular weight is 303 g/mol. The predicted molar refractivity (Wildman–Crippen MR) is 89.1 cm³/mol. The zero-order chi connectivity index (χ0) is 15.4. The van der Waals surface area contributed by atoms with Gasteiger partial charge in [-0.1, -0.05) is 6.92 Å². The Bertz CT molecular complexity index is 658. The van der Waals surface area contributed by atoms with E-state index in [0.717, 1.165) is 29.0 Å². The van der Waals surface area contributed by atoms with Crippen molar-refractivity contribution in [2.75, 3.05) is 23.8 Å². The zero-order valence-corrected chi connectivity index (χ0v) is 13.8. The van der Waals surface area contributed by atoms with E-state index in [0.29, 0.717) is 12.4 Å². The second kappa shape index (κ2) is 6.72. The molecule has 0 bridgehead atoms. The third-order valence-electron chi connectivity index (χ3n) is 3.49. The van der Waals surface area contributed by atoms with Crippen LogP contribution in [-0.2, 0) is 6.42 Å². The third-order valence-corrected chi connectivity index (χ3v) is 4.66. The summed E-state index contributed by atoms with van der Waals surface area (Å²) < 4.78 is 0. The number of aromatic nitrogens is 2. The number of aryl methyl sites for hydroxylation is 1. The fourth-order valence-corrected chi connectivity index (χ4v) is 3.08. The van der Waals surface area contributed by atoms with Crippen LogP contribution in [0.25, 0.3) is 10.2 Å². The molecule has 6 heteroatoms. The first kappa shape index (κ1) is 15.5. The van der Waals surface area contributed by atoms with Gasteiger partial charge in [-0.05, 0) is 26.3 Å². The highest BCUT2D eigenvalue weighted by Gasteiger charge is 2.18. The van der Waals surface area contributed by atoms with Gasteiger partial charge in [0.05, 0.1) is 17.9 Å². The summed E-state index contributed by atoms with van der Waals surface area (Å²) in [5.41, 5.74) is 0. The summed E-state index contributed by atoms with van der Waals surface area (Å²) in [6, 6.07) is 4.51. The van der Waals surface area contributed by atoms with Gasteiger partial charge in [0.1, 0.15) is 10.6 Å². The largest absolute Gasteiger partial charge is 0.355 e. The number of anilines is 2. The standard InChI is InChI=1S/C15H21N5S/c1-5-11-9-12-13(20(4)10(3)7-8-16)18-15(17-6-2)19-14(12)21-11/h9-10H,5-7H2,1-4H3,(H,17,18,19). The lowest BCUT2D eigenvalue weighted by Gasteiger charge is -2.25. The van der Waals surface area contributed by atoms with Crippen LogP contribution >= 0.6 is 11.3 Å². The molecule has 0 aliphatic carbocycles. The summed E-state index contributed by atoms with van der Waals surface area (Å²) in [5.74, 6) is 1.55. The molecule has 2 heterocycles. The number of rotatable bonds is 6. The van der Waals surface area contributed by atoms with Crippen LogP contribution in [0.15, 0.2) is 6.07 Å². The Hall–Kier alpha value is -1.87. The minimum Gasteiger partial charge on any atom is -0.355 e. The molecule has 0 spiro atoms. The molecule has 0 saturated carbocycles. The normalized spacial score (nSPS) is 12.1. The second-order valence-corrected chi connectivity index (χ2v) is 6.12. The van der Waals surface area contributed by atoms with Crippen molar-refractivity contribution >= 4 is 33.3 Å². The Morgan fingerprint density at radius 1 is 1.43 bits per heavy atom. The molecule has 21 heavy (non-hydrogen) atoms. The smallest absolute Gasteiger partial charge is 0.226 e. The van der Waals surface area contributed by atoms with Gasteiger partial charge in [-0.2, -0.15) is 10.2 Å². The summed E-state index contributed by atoms with van der Waals surface area (Å²) in [6.45, 7) is 7.00. The first-order chi connectivity index (χ1) is 10.1. The van der Waals surface area contributed by atoms with Gasteiger partial charge in [0, 0.05) is 24.5 Å². The van der Waals surface area contributed by atoms with E-state index >= 15 is 0 Å². The van der Waals surface area contributed by atoms with E-state index in [4.69, 9.17) is 5.26 Å². The highest BCUT2D eigenvalue weighted by atomic mass is 32.1. The van der Waals surface area contributed by atoms with Gasteiger partial charge in [0.25, 0.3) is 0 Å². The highest BCUT2D eigenvalue weighted by Crippen LogP contribution is 2.32. The van der Waals surface area contributed by atoms with Crippen molar-refractivity contribution in [1.29, 1.82) is 5.26 Å². The lowest BCUT2D eigenvalue weighted by molar-refractivity contribution is 0.696. The van der Waals surface area contributed by atoms with Crippen molar-refractivity contribution in [2.45, 2.75) is 39.7 Å². The van der Waals surface area contributed by atoms with Crippen LogP contribution in [0.3, 0.4) is 0 Å². The Balaban J connectivity index is 2.52. The van der Waals surface area contributed by atoms with Gasteiger partial charge in [0.2, 0.25) is 5.95 Å². The molecule has 0 radical (unpaired) electrons. The molecule has 1 atom stereocenters. The molecule has 0 saturated heterocycles. The minimum absolute atomic E-state index is 0.118. The number of hydrogen-bond donors (Lipinski definition) is 1. The van der Waals surface area contributed by atoms with Crippen LogP contribution in [0, 0.1) is 11.3 Å². The lowest BCUT2D eigenvalue weighted by atomic mass is 10.2. The predicted octanol–water partition coefficient (Wildman–Crippen LogP) is 3.42. The Morgan fingerprint density at radius 2 is 2.19 bits per heavy atom. The molecule has 0 aromatic carbocycles.